The summed E-state index contributed by atoms with van der Waals surface area (Å²) in [5, 5.41) is 2.92. The molecule has 1 aromatic rings. The first kappa shape index (κ1) is 14.0. The van der Waals surface area contributed by atoms with E-state index in [2.05, 4.69) is 22.0 Å². The lowest BCUT2D eigenvalue weighted by atomic mass is 10.0. The van der Waals surface area contributed by atoms with Crippen LogP contribution < -0.4 is 10.9 Å². The summed E-state index contributed by atoms with van der Waals surface area (Å²) in [6.07, 6.45) is 5.44. The molecule has 0 saturated carbocycles. The Bertz CT molecular complexity index is 538. The van der Waals surface area contributed by atoms with Gasteiger partial charge in [0.2, 0.25) is 0 Å². The number of anilines is 1. The van der Waals surface area contributed by atoms with Gasteiger partial charge in [-0.3, -0.25) is 9.79 Å². The van der Waals surface area contributed by atoms with E-state index in [4.69, 9.17) is 0 Å². The maximum Gasteiger partial charge on any atom is 0.268 e. The smallest absolute Gasteiger partial charge is 0.268 e. The molecular weight excluding hydrogens is 226 g/mol. The highest BCUT2D eigenvalue weighted by Gasteiger charge is 2.05. The Hall–Kier alpha value is -2.10. The van der Waals surface area contributed by atoms with Gasteiger partial charge >= 0.3 is 0 Å². The van der Waals surface area contributed by atoms with E-state index in [1.54, 1.807) is 12.7 Å². The Balaban J connectivity index is 3.30. The van der Waals surface area contributed by atoms with Crippen LogP contribution >= 0.6 is 0 Å². The van der Waals surface area contributed by atoms with Crippen LogP contribution in [0.5, 0.6) is 0 Å². The molecule has 4 nitrogen and oxygen atoms in total. The minimum Gasteiger partial charge on any atom is -0.531 e. The zero-order valence-corrected chi connectivity index (χ0v) is 10.9. The molecule has 0 spiro atoms. The van der Waals surface area contributed by atoms with Crippen LogP contribution in [0.4, 0.5) is 5.69 Å². The molecule has 1 rings (SSSR count). The maximum absolute atomic E-state index is 11.7. The van der Waals surface area contributed by atoms with Crippen molar-refractivity contribution in [2.45, 2.75) is 20.8 Å². The second-order valence-corrected chi connectivity index (χ2v) is 3.73. The molecule has 0 aliphatic carbocycles. The molecule has 0 aliphatic rings. The van der Waals surface area contributed by atoms with Crippen LogP contribution in [-0.2, 0) is 0 Å². The molecule has 0 aliphatic heterocycles. The Morgan fingerprint density at radius 1 is 1.61 bits per heavy atom. The molecular formula is C14H18N3O-. The number of pyridine rings is 1. The lowest BCUT2D eigenvalue weighted by Gasteiger charge is -2.14. The first-order valence-electron chi connectivity index (χ1n) is 5.71. The third-order valence-corrected chi connectivity index (χ3v) is 2.52. The van der Waals surface area contributed by atoms with Crippen LogP contribution in [0.25, 0.3) is 5.57 Å². The van der Waals surface area contributed by atoms with Crippen LogP contribution in [0.3, 0.4) is 0 Å². The summed E-state index contributed by atoms with van der Waals surface area (Å²) in [5.74, 6) is 0. The summed E-state index contributed by atoms with van der Waals surface area (Å²) in [6, 6.07) is 1.83. The zero-order chi connectivity index (χ0) is 13.5. The van der Waals surface area contributed by atoms with Gasteiger partial charge < -0.3 is 10.3 Å². The second kappa shape index (κ2) is 6.59. The zero-order valence-electron chi connectivity index (χ0n) is 10.9. The van der Waals surface area contributed by atoms with Crippen LogP contribution in [0, 0.1) is 13.5 Å². The van der Waals surface area contributed by atoms with Gasteiger partial charge in [-0.25, -0.2) is 6.54 Å². The summed E-state index contributed by atoms with van der Waals surface area (Å²) in [4.78, 5) is 18.2. The largest absolute Gasteiger partial charge is 0.531 e. The second-order valence-electron chi connectivity index (χ2n) is 3.73. The Kier molecular flexibility index (Phi) is 5.11. The molecule has 18 heavy (non-hydrogen) atoms. The van der Waals surface area contributed by atoms with Gasteiger partial charge in [-0.15, -0.1) is 0 Å². The number of nitrogens with one attached hydrogen (secondary N) is 2. The SMILES string of the molecule is C=N/C=C\C(=C/C)c1cc(N[CH-]C)c(=O)[nH]c1C. The molecule has 2 N–H and O–H groups in total. The normalized spacial score (nSPS) is 11.8. The summed E-state index contributed by atoms with van der Waals surface area (Å²) in [5.41, 5.74) is 3.16. The Morgan fingerprint density at radius 2 is 2.33 bits per heavy atom. The van der Waals surface area contributed by atoms with Gasteiger partial charge in [0.15, 0.2) is 0 Å². The summed E-state index contributed by atoms with van der Waals surface area (Å²) >= 11 is 0. The third kappa shape index (κ3) is 3.20. The molecule has 0 saturated heterocycles. The number of hydrogen-bond acceptors (Lipinski definition) is 3. The van der Waals surface area contributed by atoms with Gasteiger partial charge in [-0.2, -0.15) is 6.92 Å². The third-order valence-electron chi connectivity index (χ3n) is 2.52. The van der Waals surface area contributed by atoms with Crippen LogP contribution in [0.2, 0.25) is 0 Å². The van der Waals surface area contributed by atoms with Gasteiger partial charge in [0, 0.05) is 17.5 Å². The predicted molar refractivity (Wildman–Crippen MR) is 77.7 cm³/mol. The van der Waals surface area contributed by atoms with Crippen molar-refractivity contribution >= 4 is 18.0 Å². The molecule has 0 atom stereocenters. The fraction of sp³-hybridized carbons (Fsp3) is 0.214. The molecule has 0 radical (unpaired) electrons. The van der Waals surface area contributed by atoms with Gasteiger partial charge in [0.25, 0.3) is 5.56 Å². The minimum atomic E-state index is -0.129. The van der Waals surface area contributed by atoms with Gasteiger partial charge in [0.1, 0.15) is 0 Å². The van der Waals surface area contributed by atoms with Crippen molar-refractivity contribution in [1.82, 2.24) is 4.98 Å². The average molecular weight is 244 g/mol. The van der Waals surface area contributed by atoms with E-state index < -0.39 is 0 Å². The average Bonchev–Trinajstić information content (AvgIpc) is 2.35. The van der Waals surface area contributed by atoms with Crippen LogP contribution in [0.15, 0.2) is 34.2 Å². The number of aromatic amines is 1. The fourth-order valence-corrected chi connectivity index (χ4v) is 1.66. The van der Waals surface area contributed by atoms with Crippen LogP contribution in [-0.4, -0.2) is 11.7 Å². The van der Waals surface area contributed by atoms with Gasteiger partial charge in [-0.1, -0.05) is 6.08 Å². The highest BCUT2D eigenvalue weighted by molar-refractivity contribution is 5.76. The van der Waals surface area contributed by atoms with Crippen molar-refractivity contribution in [3.05, 3.63) is 52.6 Å². The number of nitrogens with zero attached hydrogens (tertiary/aromatic N) is 1. The molecule has 0 unspecified atom stereocenters. The Labute approximate surface area is 107 Å². The number of H-pyrrole nitrogens is 1. The molecule has 1 heterocycles. The molecule has 0 fully saturated rings. The van der Waals surface area contributed by atoms with E-state index in [1.807, 2.05) is 39.0 Å². The standard InChI is InChI=1S/C14H18N3O/c1-5-11(7-8-15-4)12-9-13(16-6-2)14(18)17-10(12)3/h5-9,16H,4H2,1-3H3,(H,17,18)/q-1/b8-7-,11-5+. The first-order valence-corrected chi connectivity index (χ1v) is 5.71. The molecule has 0 bridgehead atoms. The van der Waals surface area contributed by atoms with Crippen molar-refractivity contribution in [3.63, 3.8) is 0 Å². The van der Waals surface area contributed by atoms with E-state index in [1.165, 1.54) is 0 Å². The topological polar surface area (TPSA) is 57.2 Å². The van der Waals surface area contributed by atoms with E-state index in [0.29, 0.717) is 5.69 Å². The highest BCUT2D eigenvalue weighted by Crippen LogP contribution is 2.20. The van der Waals surface area contributed by atoms with E-state index in [0.717, 1.165) is 16.8 Å². The summed E-state index contributed by atoms with van der Waals surface area (Å²) in [6.45, 7) is 10.8. The van der Waals surface area contributed by atoms with Gasteiger partial charge in [-0.05, 0) is 38.3 Å². The number of rotatable bonds is 5. The van der Waals surface area contributed by atoms with Crippen LogP contribution in [0.1, 0.15) is 25.1 Å². The number of aromatic nitrogens is 1. The number of aliphatic imine (C=N–C) groups is 1. The van der Waals surface area contributed by atoms with Crippen molar-refractivity contribution in [1.29, 1.82) is 0 Å². The molecule has 4 heteroatoms. The van der Waals surface area contributed by atoms with E-state index in [-0.39, 0.29) is 5.56 Å². The quantitative estimate of drug-likeness (QED) is 0.475. The van der Waals surface area contributed by atoms with E-state index >= 15 is 0 Å². The molecule has 96 valence electrons. The highest BCUT2D eigenvalue weighted by atomic mass is 16.1. The van der Waals surface area contributed by atoms with E-state index in [9.17, 15) is 4.79 Å². The Morgan fingerprint density at radius 3 is 2.89 bits per heavy atom. The van der Waals surface area contributed by atoms with Gasteiger partial charge in [0.05, 0.1) is 5.69 Å². The lowest BCUT2D eigenvalue weighted by molar-refractivity contribution is 1.12. The van der Waals surface area contributed by atoms with Crippen molar-refractivity contribution in [3.8, 4) is 0 Å². The monoisotopic (exact) mass is 244 g/mol. The van der Waals surface area contributed by atoms with Crippen molar-refractivity contribution in [2.24, 2.45) is 4.99 Å². The molecule has 1 aromatic heterocycles. The lowest BCUT2D eigenvalue weighted by Crippen LogP contribution is -2.14. The summed E-state index contributed by atoms with van der Waals surface area (Å²) in [7, 11) is 0. The summed E-state index contributed by atoms with van der Waals surface area (Å²) < 4.78 is 0. The van der Waals surface area contributed by atoms with Crippen molar-refractivity contribution < 1.29 is 0 Å². The number of aryl methyl sites for hydroxylation is 1. The number of allylic oxidation sites excluding steroid dienone is 3. The van der Waals surface area contributed by atoms with Crippen molar-refractivity contribution in [2.75, 3.05) is 5.32 Å². The fourth-order valence-electron chi connectivity index (χ4n) is 1.66. The molecule has 0 aromatic carbocycles. The maximum atomic E-state index is 11.7. The minimum absolute atomic E-state index is 0.129. The molecule has 0 amide bonds. The number of hydrogen-bond donors (Lipinski definition) is 2. The first-order chi connectivity index (χ1) is 8.63. The predicted octanol–water partition coefficient (Wildman–Crippen LogP) is 2.89.